The Hall–Kier alpha value is -7.42. The van der Waals surface area contributed by atoms with Crippen LogP contribution in [0.1, 0.15) is 49.9 Å². The summed E-state index contributed by atoms with van der Waals surface area (Å²) in [6.45, 7) is 9.52. The summed E-state index contributed by atoms with van der Waals surface area (Å²) in [6.07, 6.45) is 0. The monoisotopic (exact) mass is 792 g/mol. The highest BCUT2D eigenvalue weighted by Crippen LogP contribution is 2.54. The lowest BCUT2D eigenvalue weighted by Gasteiger charge is -2.31. The van der Waals surface area contributed by atoms with Gasteiger partial charge in [-0.05, 0) is 114 Å². The van der Waals surface area contributed by atoms with E-state index in [1.807, 2.05) is 0 Å². The van der Waals surface area contributed by atoms with Crippen LogP contribution in [0.5, 0.6) is 0 Å². The zero-order chi connectivity index (χ0) is 41.5. The second-order valence-electron chi connectivity index (χ2n) is 18.5. The number of H-pyrrole nitrogens is 1. The predicted octanol–water partition coefficient (Wildman–Crippen LogP) is 16.5. The first-order valence-electron chi connectivity index (χ1n) is 21.9. The van der Waals surface area contributed by atoms with E-state index in [0.717, 1.165) is 5.69 Å². The summed E-state index contributed by atoms with van der Waals surface area (Å²) in [6, 6.07) is 70.4. The average molecular weight is 793 g/mol. The molecular weight excluding hydrogens is 749 g/mol. The minimum absolute atomic E-state index is 0.129. The molecule has 0 unspecified atom stereocenters. The number of aromatic nitrogens is 1. The van der Waals surface area contributed by atoms with E-state index in [1.165, 1.54) is 121 Å². The van der Waals surface area contributed by atoms with Gasteiger partial charge in [-0.3, -0.25) is 0 Å². The Morgan fingerprint density at radius 1 is 0.387 bits per heavy atom. The largest absolute Gasteiger partial charge is 0.353 e. The molecule has 2 heteroatoms. The molecule has 0 spiro atoms. The number of anilines is 3. The smallest absolute Gasteiger partial charge is 0.0545 e. The maximum atomic E-state index is 3.99. The quantitative estimate of drug-likeness (QED) is 0.172. The third kappa shape index (κ3) is 4.75. The number of benzene rings is 10. The zero-order valence-electron chi connectivity index (χ0n) is 35.3. The summed E-state index contributed by atoms with van der Waals surface area (Å²) in [5, 5.41) is 8.81. The van der Waals surface area contributed by atoms with Gasteiger partial charge >= 0.3 is 0 Å². The van der Waals surface area contributed by atoms with Gasteiger partial charge in [0, 0.05) is 43.9 Å². The van der Waals surface area contributed by atoms with Crippen LogP contribution >= 0.6 is 0 Å². The molecule has 10 aromatic carbocycles. The van der Waals surface area contributed by atoms with Crippen molar-refractivity contribution in [3.05, 3.63) is 210 Å². The minimum Gasteiger partial charge on any atom is -0.353 e. The number of hydrogen-bond donors (Lipinski definition) is 1. The van der Waals surface area contributed by atoms with Gasteiger partial charge in [0.05, 0.1) is 16.9 Å². The van der Waals surface area contributed by atoms with Crippen molar-refractivity contribution in [2.24, 2.45) is 0 Å². The van der Waals surface area contributed by atoms with Crippen LogP contribution in [0.15, 0.2) is 188 Å². The molecule has 0 radical (unpaired) electrons. The van der Waals surface area contributed by atoms with Gasteiger partial charge in [0.25, 0.3) is 0 Å². The van der Waals surface area contributed by atoms with E-state index in [0.29, 0.717) is 0 Å². The molecule has 2 nitrogen and oxygen atoms in total. The molecule has 62 heavy (non-hydrogen) atoms. The Labute approximate surface area is 362 Å². The van der Waals surface area contributed by atoms with Gasteiger partial charge in [-0.2, -0.15) is 0 Å². The molecule has 1 aromatic heterocycles. The highest BCUT2D eigenvalue weighted by molar-refractivity contribution is 6.31. The Bertz CT molecular complexity index is 3520. The van der Waals surface area contributed by atoms with Crippen molar-refractivity contribution in [2.45, 2.75) is 38.5 Å². The molecule has 1 heterocycles. The number of fused-ring (bicyclic) bond motifs is 8. The second kappa shape index (κ2) is 12.6. The summed E-state index contributed by atoms with van der Waals surface area (Å²) in [5.41, 5.74) is 20.1. The van der Waals surface area contributed by atoms with E-state index >= 15 is 0 Å². The molecule has 294 valence electrons. The lowest BCUT2D eigenvalue weighted by Crippen LogP contribution is -2.18. The fourth-order valence-electron chi connectivity index (χ4n) is 11.5. The molecule has 1 N–H and O–H groups in total. The lowest BCUT2D eigenvalue weighted by atomic mass is 9.82. The van der Waals surface area contributed by atoms with E-state index < -0.39 is 0 Å². The predicted molar refractivity (Wildman–Crippen MR) is 263 cm³/mol. The van der Waals surface area contributed by atoms with Crippen LogP contribution in [-0.2, 0) is 10.8 Å². The van der Waals surface area contributed by atoms with E-state index in [2.05, 4.69) is 226 Å². The topological polar surface area (TPSA) is 19.0 Å². The standard InChI is InChI=1S/C60H44N2/c1-59(2)49-21-13-11-19-42(49)44-30-26-40(34-51(44)59)62(41-27-31-45-43-20-12-14-22-50(43)60(3,4)52(45)35-41)53-32-25-37-23-29-47-55-39(24-28-46(53)54(37)55)33-48-56(36-15-7-5-8-16-36)57(61-58(47)48)38-17-9-6-10-18-38/h5-35,61H,1-4H3. The van der Waals surface area contributed by atoms with E-state index in [9.17, 15) is 0 Å². The van der Waals surface area contributed by atoms with E-state index in [1.54, 1.807) is 0 Å². The van der Waals surface area contributed by atoms with Gasteiger partial charge in [0.15, 0.2) is 0 Å². The van der Waals surface area contributed by atoms with Gasteiger partial charge in [-0.25, -0.2) is 0 Å². The third-order valence-corrected chi connectivity index (χ3v) is 14.5. The van der Waals surface area contributed by atoms with Crippen LogP contribution in [0, 0.1) is 0 Å². The Kier molecular flexibility index (Phi) is 7.16. The van der Waals surface area contributed by atoms with Gasteiger partial charge < -0.3 is 9.88 Å². The maximum Gasteiger partial charge on any atom is 0.0545 e. The summed E-state index contributed by atoms with van der Waals surface area (Å²) in [7, 11) is 0. The lowest BCUT2D eigenvalue weighted by molar-refractivity contribution is 0.660. The number of nitrogens with one attached hydrogen (secondary N) is 1. The molecule has 2 aliphatic rings. The van der Waals surface area contributed by atoms with Crippen molar-refractivity contribution in [1.82, 2.24) is 4.98 Å². The molecule has 0 fully saturated rings. The van der Waals surface area contributed by atoms with Gasteiger partial charge in [0.1, 0.15) is 0 Å². The highest BCUT2D eigenvalue weighted by Gasteiger charge is 2.38. The molecule has 0 saturated carbocycles. The van der Waals surface area contributed by atoms with Gasteiger partial charge in [-0.15, -0.1) is 0 Å². The van der Waals surface area contributed by atoms with Crippen LogP contribution in [0.3, 0.4) is 0 Å². The fourth-order valence-corrected chi connectivity index (χ4v) is 11.5. The Balaban J connectivity index is 1.07. The number of nitrogens with zero attached hydrogens (tertiary/aromatic N) is 1. The first-order chi connectivity index (χ1) is 30.3. The molecule has 0 saturated heterocycles. The Morgan fingerprint density at radius 2 is 0.887 bits per heavy atom. The first kappa shape index (κ1) is 35.3. The summed E-state index contributed by atoms with van der Waals surface area (Å²) in [5.74, 6) is 0. The van der Waals surface area contributed by atoms with Crippen molar-refractivity contribution >= 4 is 60.3 Å². The van der Waals surface area contributed by atoms with Crippen LogP contribution < -0.4 is 4.90 Å². The maximum absolute atomic E-state index is 3.99. The highest BCUT2D eigenvalue weighted by atomic mass is 15.1. The van der Waals surface area contributed by atoms with Crippen molar-refractivity contribution in [1.29, 1.82) is 0 Å². The molecule has 13 rings (SSSR count). The van der Waals surface area contributed by atoms with Gasteiger partial charge in [0.2, 0.25) is 0 Å². The van der Waals surface area contributed by atoms with Crippen molar-refractivity contribution in [3.8, 4) is 44.6 Å². The molecule has 0 atom stereocenters. The normalized spacial score (nSPS) is 14.4. The summed E-state index contributed by atoms with van der Waals surface area (Å²) < 4.78 is 0. The van der Waals surface area contributed by atoms with E-state index in [-0.39, 0.29) is 10.8 Å². The fraction of sp³-hybridized carbons (Fsp3) is 0.100. The summed E-state index contributed by atoms with van der Waals surface area (Å²) >= 11 is 0. The van der Waals surface area contributed by atoms with Crippen molar-refractivity contribution < 1.29 is 0 Å². The van der Waals surface area contributed by atoms with E-state index in [4.69, 9.17) is 0 Å². The third-order valence-electron chi connectivity index (χ3n) is 14.5. The minimum atomic E-state index is -0.129. The van der Waals surface area contributed by atoms with Crippen LogP contribution in [0.4, 0.5) is 17.1 Å². The van der Waals surface area contributed by atoms with Crippen LogP contribution in [0.25, 0.3) is 87.9 Å². The second-order valence-corrected chi connectivity index (χ2v) is 18.5. The zero-order valence-corrected chi connectivity index (χ0v) is 35.3. The number of aromatic amines is 1. The van der Waals surface area contributed by atoms with Crippen molar-refractivity contribution in [3.63, 3.8) is 0 Å². The molecular formula is C60H44N2. The van der Waals surface area contributed by atoms with Crippen LogP contribution in [-0.4, -0.2) is 4.98 Å². The summed E-state index contributed by atoms with van der Waals surface area (Å²) in [4.78, 5) is 6.53. The molecule has 2 aliphatic carbocycles. The number of hydrogen-bond acceptors (Lipinski definition) is 1. The van der Waals surface area contributed by atoms with Crippen molar-refractivity contribution in [2.75, 3.05) is 4.90 Å². The molecule has 0 aliphatic heterocycles. The molecule has 11 aromatic rings. The SMILES string of the molecule is CC1(C)c2ccccc2-c2ccc(N(c3ccc4c(c3)C(C)(C)c3ccccc3-4)c3ccc4ccc5c6[nH]c(-c7ccccc7)c(-c7ccccc7)c6cc6ccc3c4c65)cc21. The molecule has 0 bridgehead atoms. The van der Waals surface area contributed by atoms with Crippen LogP contribution in [0.2, 0.25) is 0 Å². The molecule has 0 amide bonds. The number of rotatable bonds is 5. The Morgan fingerprint density at radius 3 is 1.52 bits per heavy atom. The first-order valence-corrected chi connectivity index (χ1v) is 21.9. The average Bonchev–Trinajstić information content (AvgIpc) is 3.89. The van der Waals surface area contributed by atoms with Gasteiger partial charge in [-0.1, -0.05) is 179 Å².